The van der Waals surface area contributed by atoms with Crippen LogP contribution in [0.3, 0.4) is 0 Å². The van der Waals surface area contributed by atoms with Gasteiger partial charge in [0.05, 0.1) is 15.9 Å². The summed E-state index contributed by atoms with van der Waals surface area (Å²) in [6, 6.07) is 0. The van der Waals surface area contributed by atoms with Crippen LogP contribution in [-0.2, 0) is 0 Å². The maximum Gasteiger partial charge on any atom is 0.338 e. The lowest BCUT2D eigenvalue weighted by molar-refractivity contribution is 0.0697. The summed E-state index contributed by atoms with van der Waals surface area (Å²) in [5, 5.41) is 12.6. The molecule has 0 fully saturated rings. The molecule has 2 rings (SSSR count). The van der Waals surface area contributed by atoms with Gasteiger partial charge in [0.15, 0.2) is 5.84 Å². The van der Waals surface area contributed by atoms with Crippen molar-refractivity contribution >= 4 is 36.7 Å². The minimum Gasteiger partial charge on any atom is -0.478 e. The zero-order chi connectivity index (χ0) is 9.97. The first-order valence-corrected chi connectivity index (χ1v) is 6.23. The summed E-state index contributed by atoms with van der Waals surface area (Å²) in [5.74, 6) is -0.323. The number of carboxylic acids is 1. The highest BCUT2D eigenvalue weighted by molar-refractivity contribution is 14.2. The fraction of sp³-hybridized carbons (Fsp3) is 0. The van der Waals surface area contributed by atoms with Crippen LogP contribution in [0.15, 0.2) is 27.5 Å². The second kappa shape index (κ2) is 3.82. The smallest absolute Gasteiger partial charge is 0.338 e. The number of aromatic carboxylic acids is 1. The SMILES string of the molecule is O=C(O)c1cnn(C2=NC=IC=C2)c1. The third-order valence-electron chi connectivity index (χ3n) is 1.59. The number of rotatable bonds is 1. The number of allylic oxidation sites excluding steroid dienone is 1. The van der Waals surface area contributed by atoms with Crippen molar-refractivity contribution in [2.75, 3.05) is 0 Å². The lowest BCUT2D eigenvalue weighted by atomic mass is 10.4. The van der Waals surface area contributed by atoms with Gasteiger partial charge in [0.25, 0.3) is 0 Å². The molecule has 1 aromatic rings. The molecular weight excluding hydrogens is 297 g/mol. The Morgan fingerprint density at radius 2 is 2.43 bits per heavy atom. The summed E-state index contributed by atoms with van der Waals surface area (Å²) in [6.45, 7) is 0. The van der Waals surface area contributed by atoms with E-state index < -0.39 is 5.97 Å². The number of nitrogens with zero attached hydrogens (tertiary/aromatic N) is 3. The third kappa shape index (κ3) is 1.79. The topological polar surface area (TPSA) is 67.5 Å². The van der Waals surface area contributed by atoms with E-state index in [2.05, 4.69) is 10.1 Å². The van der Waals surface area contributed by atoms with Gasteiger partial charge in [-0.1, -0.05) is 20.7 Å². The summed E-state index contributed by atoms with van der Waals surface area (Å²) < 4.78 is 5.36. The molecule has 0 radical (unpaired) electrons. The molecule has 0 saturated heterocycles. The number of hydrogen-bond acceptors (Lipinski definition) is 3. The molecule has 72 valence electrons. The standard InChI is InChI=1S/C8H6IN3O2/c13-8(14)6-3-11-12(4-6)7-1-2-9-5-10-7/h1-5H,(H,13,14). The van der Waals surface area contributed by atoms with Crippen LogP contribution in [0.5, 0.6) is 0 Å². The van der Waals surface area contributed by atoms with Crippen molar-refractivity contribution in [3.05, 3.63) is 28.1 Å². The second-order valence-electron chi connectivity index (χ2n) is 2.48. The van der Waals surface area contributed by atoms with Crippen LogP contribution >= 0.6 is 20.7 Å². The van der Waals surface area contributed by atoms with Crippen LogP contribution in [0.2, 0.25) is 0 Å². The van der Waals surface area contributed by atoms with Gasteiger partial charge in [-0.05, 0) is 10.2 Å². The Balaban J connectivity index is 2.34. The Morgan fingerprint density at radius 3 is 3.00 bits per heavy atom. The summed E-state index contributed by atoms with van der Waals surface area (Å²) in [5.41, 5.74) is 0.168. The Labute approximate surface area is 89.5 Å². The normalized spacial score (nSPS) is 14.7. The molecule has 1 aromatic heterocycles. The number of carboxylic acid groups (broad SMARTS) is 1. The van der Waals surface area contributed by atoms with Gasteiger partial charge in [0, 0.05) is 6.20 Å². The number of hydrogen-bond donors (Lipinski definition) is 1. The Kier molecular flexibility index (Phi) is 2.53. The van der Waals surface area contributed by atoms with E-state index in [0.717, 1.165) is 0 Å². The Hall–Kier alpha value is -1.31. The molecule has 14 heavy (non-hydrogen) atoms. The first-order valence-electron chi connectivity index (χ1n) is 3.74. The van der Waals surface area contributed by atoms with Crippen LogP contribution in [0.1, 0.15) is 10.4 Å². The van der Waals surface area contributed by atoms with E-state index in [1.807, 2.05) is 14.3 Å². The van der Waals surface area contributed by atoms with Gasteiger partial charge >= 0.3 is 5.97 Å². The van der Waals surface area contributed by atoms with Gasteiger partial charge in [0.2, 0.25) is 0 Å². The van der Waals surface area contributed by atoms with Crippen molar-refractivity contribution in [2.45, 2.75) is 0 Å². The van der Waals surface area contributed by atoms with E-state index in [0.29, 0.717) is 5.84 Å². The summed E-state index contributed by atoms with van der Waals surface area (Å²) >= 11 is -0.0609. The largest absolute Gasteiger partial charge is 0.478 e. The Bertz CT molecular complexity index is 459. The molecule has 1 N–H and O–H groups in total. The quantitative estimate of drug-likeness (QED) is 0.790. The molecule has 0 atom stereocenters. The predicted molar refractivity (Wildman–Crippen MR) is 61.2 cm³/mol. The van der Waals surface area contributed by atoms with E-state index in [-0.39, 0.29) is 26.3 Å². The van der Waals surface area contributed by atoms with E-state index >= 15 is 0 Å². The lowest BCUT2D eigenvalue weighted by Crippen LogP contribution is -2.10. The molecule has 0 amide bonds. The van der Waals surface area contributed by atoms with Crippen LogP contribution in [0.25, 0.3) is 0 Å². The fourth-order valence-corrected chi connectivity index (χ4v) is 2.10. The number of halogens is 1. The van der Waals surface area contributed by atoms with Crippen LogP contribution in [-0.4, -0.2) is 30.8 Å². The number of aliphatic imine (C=N–C) groups is 1. The average Bonchev–Trinajstić information content (AvgIpc) is 2.68. The van der Waals surface area contributed by atoms with Crippen molar-refractivity contribution in [1.82, 2.24) is 9.78 Å². The molecule has 1 aliphatic heterocycles. The van der Waals surface area contributed by atoms with Crippen molar-refractivity contribution < 1.29 is 9.90 Å². The highest BCUT2D eigenvalue weighted by atomic mass is 127. The molecule has 0 aliphatic carbocycles. The maximum atomic E-state index is 10.6. The Morgan fingerprint density at radius 1 is 1.57 bits per heavy atom. The zero-order valence-electron chi connectivity index (χ0n) is 6.96. The van der Waals surface area contributed by atoms with E-state index in [1.54, 1.807) is 0 Å². The maximum absolute atomic E-state index is 10.6. The predicted octanol–water partition coefficient (Wildman–Crippen LogP) is 1.09. The number of carbonyl (C=O) groups is 1. The summed E-state index contributed by atoms with van der Waals surface area (Å²) in [4.78, 5) is 14.7. The van der Waals surface area contributed by atoms with Crippen molar-refractivity contribution in [1.29, 1.82) is 0 Å². The van der Waals surface area contributed by atoms with Gasteiger partial charge in [0.1, 0.15) is 0 Å². The van der Waals surface area contributed by atoms with Gasteiger partial charge in [-0.15, -0.1) is 0 Å². The van der Waals surface area contributed by atoms with Crippen molar-refractivity contribution in [2.24, 2.45) is 4.99 Å². The van der Waals surface area contributed by atoms with Gasteiger partial charge in [-0.25, -0.2) is 14.5 Å². The fourth-order valence-electron chi connectivity index (χ4n) is 0.941. The zero-order valence-corrected chi connectivity index (χ0v) is 9.12. The number of aromatic nitrogens is 2. The van der Waals surface area contributed by atoms with E-state index in [9.17, 15) is 4.79 Å². The molecule has 2 heterocycles. The summed E-state index contributed by atoms with van der Waals surface area (Å²) in [7, 11) is 0. The van der Waals surface area contributed by atoms with Gasteiger partial charge < -0.3 is 5.11 Å². The molecule has 0 spiro atoms. The van der Waals surface area contributed by atoms with E-state index in [1.165, 1.54) is 17.1 Å². The average molecular weight is 303 g/mol. The molecule has 6 heteroatoms. The minimum absolute atomic E-state index is 0.0609. The third-order valence-corrected chi connectivity index (χ3v) is 2.96. The van der Waals surface area contributed by atoms with Gasteiger partial charge in [-0.3, -0.25) is 0 Å². The van der Waals surface area contributed by atoms with Crippen LogP contribution < -0.4 is 0 Å². The molecule has 0 saturated carbocycles. The minimum atomic E-state index is -0.979. The van der Waals surface area contributed by atoms with E-state index in [4.69, 9.17) is 5.11 Å². The molecule has 1 aliphatic rings. The molecule has 0 bridgehead atoms. The second-order valence-corrected chi connectivity index (χ2v) is 4.48. The van der Waals surface area contributed by atoms with Gasteiger partial charge in [-0.2, -0.15) is 5.10 Å². The molecular formula is C8H6IN3O2. The monoisotopic (exact) mass is 303 g/mol. The van der Waals surface area contributed by atoms with Crippen LogP contribution in [0, 0.1) is 0 Å². The molecule has 0 aromatic carbocycles. The van der Waals surface area contributed by atoms with Crippen LogP contribution in [0.4, 0.5) is 0 Å². The van der Waals surface area contributed by atoms with Crippen molar-refractivity contribution in [3.8, 4) is 0 Å². The van der Waals surface area contributed by atoms with Crippen molar-refractivity contribution in [3.63, 3.8) is 0 Å². The first kappa shape index (κ1) is 9.25. The lowest BCUT2D eigenvalue weighted by Gasteiger charge is -2.00. The first-order chi connectivity index (χ1) is 6.77. The molecule has 5 nitrogen and oxygen atoms in total. The molecule has 0 unspecified atom stereocenters. The highest BCUT2D eigenvalue weighted by Gasteiger charge is 2.08. The summed E-state index contributed by atoms with van der Waals surface area (Å²) in [6.07, 6.45) is 4.61. The highest BCUT2D eigenvalue weighted by Crippen LogP contribution is 2.05.